The Morgan fingerprint density at radius 1 is 1.50 bits per heavy atom. The van der Waals surface area contributed by atoms with Crippen molar-refractivity contribution in [3.8, 4) is 0 Å². The number of primary amides is 1. The highest BCUT2D eigenvalue weighted by Crippen LogP contribution is 2.35. The minimum atomic E-state index is -0.457. The van der Waals surface area contributed by atoms with Gasteiger partial charge in [-0.1, -0.05) is 13.8 Å². The number of rotatable bonds is 3. The molecule has 0 spiro atoms. The van der Waals surface area contributed by atoms with E-state index in [1.54, 1.807) is 18.3 Å². The first-order chi connectivity index (χ1) is 8.54. The molecular formula is C13H19N2O3+. The molecule has 1 aliphatic rings. The standard InChI is InChI=1S/C13H18N2O3/c1-8-9(2)13(18-11(8)7-16)15-5-3-4-10(6-15)12(14)17/h3-6,8-9,11,13,16H,7H2,1-2H3,(H-,14,17)/p+1/t8?,9?,11-,13-/m1/s1. The van der Waals surface area contributed by atoms with Gasteiger partial charge in [-0.3, -0.25) is 4.79 Å². The lowest BCUT2D eigenvalue weighted by atomic mass is 9.93. The Morgan fingerprint density at radius 2 is 2.22 bits per heavy atom. The number of hydrogen-bond acceptors (Lipinski definition) is 3. The van der Waals surface area contributed by atoms with Gasteiger partial charge in [0, 0.05) is 6.07 Å². The van der Waals surface area contributed by atoms with Crippen molar-refractivity contribution in [2.24, 2.45) is 17.6 Å². The van der Waals surface area contributed by atoms with Crippen molar-refractivity contribution >= 4 is 5.91 Å². The zero-order chi connectivity index (χ0) is 13.3. The average molecular weight is 251 g/mol. The number of aromatic nitrogens is 1. The number of amides is 1. The quantitative estimate of drug-likeness (QED) is 0.755. The van der Waals surface area contributed by atoms with Gasteiger partial charge in [-0.2, -0.15) is 4.57 Å². The van der Waals surface area contributed by atoms with Gasteiger partial charge in [0.25, 0.3) is 12.1 Å². The molecule has 1 aromatic heterocycles. The van der Waals surface area contributed by atoms with Gasteiger partial charge < -0.3 is 15.6 Å². The van der Waals surface area contributed by atoms with Gasteiger partial charge in [-0.25, -0.2) is 0 Å². The summed E-state index contributed by atoms with van der Waals surface area (Å²) in [4.78, 5) is 11.2. The topological polar surface area (TPSA) is 76.4 Å². The summed E-state index contributed by atoms with van der Waals surface area (Å²) in [6.45, 7) is 4.15. The number of ether oxygens (including phenoxy) is 1. The van der Waals surface area contributed by atoms with Crippen LogP contribution in [0.1, 0.15) is 30.4 Å². The van der Waals surface area contributed by atoms with E-state index in [4.69, 9.17) is 10.5 Å². The fourth-order valence-electron chi connectivity index (χ4n) is 2.37. The van der Waals surface area contributed by atoms with Crippen molar-refractivity contribution in [3.63, 3.8) is 0 Å². The first kappa shape index (κ1) is 13.0. The molecule has 98 valence electrons. The van der Waals surface area contributed by atoms with Crippen molar-refractivity contribution in [2.75, 3.05) is 6.61 Å². The lowest BCUT2D eigenvalue weighted by molar-refractivity contribution is -0.765. The van der Waals surface area contributed by atoms with Crippen molar-refractivity contribution in [3.05, 3.63) is 30.1 Å². The maximum absolute atomic E-state index is 11.2. The molecule has 0 bridgehead atoms. The van der Waals surface area contributed by atoms with Crippen molar-refractivity contribution < 1.29 is 19.2 Å². The smallest absolute Gasteiger partial charge is 0.265 e. The van der Waals surface area contributed by atoms with Crippen LogP contribution in [0.2, 0.25) is 0 Å². The third kappa shape index (κ3) is 2.23. The summed E-state index contributed by atoms with van der Waals surface area (Å²) in [5.74, 6) is 0.0711. The van der Waals surface area contributed by atoms with Gasteiger partial charge in [0.1, 0.15) is 5.56 Å². The lowest BCUT2D eigenvalue weighted by Gasteiger charge is -2.11. The number of carbonyl (C=O) groups is 1. The third-order valence-electron chi connectivity index (χ3n) is 3.76. The molecule has 1 aliphatic heterocycles. The van der Waals surface area contributed by atoms with Crippen LogP contribution >= 0.6 is 0 Å². The fourth-order valence-corrected chi connectivity index (χ4v) is 2.37. The number of aliphatic hydroxyl groups is 1. The summed E-state index contributed by atoms with van der Waals surface area (Å²) in [6, 6.07) is 3.44. The highest BCUT2D eigenvalue weighted by atomic mass is 16.5. The van der Waals surface area contributed by atoms with Gasteiger partial charge in [-0.15, -0.1) is 0 Å². The number of nitrogens with two attached hydrogens (primary N) is 1. The molecule has 2 heterocycles. The van der Waals surface area contributed by atoms with E-state index in [0.29, 0.717) is 5.56 Å². The zero-order valence-electron chi connectivity index (χ0n) is 10.6. The summed E-state index contributed by atoms with van der Waals surface area (Å²) in [7, 11) is 0. The van der Waals surface area contributed by atoms with Crippen LogP contribution in [0.3, 0.4) is 0 Å². The van der Waals surface area contributed by atoms with Gasteiger partial charge >= 0.3 is 0 Å². The van der Waals surface area contributed by atoms with Crippen LogP contribution in [0.25, 0.3) is 0 Å². The normalized spacial score (nSPS) is 31.5. The maximum atomic E-state index is 11.2. The predicted octanol–water partition coefficient (Wildman–Crippen LogP) is 0.235. The van der Waals surface area contributed by atoms with Crippen LogP contribution in [0.4, 0.5) is 0 Å². The summed E-state index contributed by atoms with van der Waals surface area (Å²) < 4.78 is 7.66. The van der Waals surface area contributed by atoms with Crippen molar-refractivity contribution in [1.29, 1.82) is 0 Å². The minimum Gasteiger partial charge on any atom is -0.394 e. The molecule has 0 saturated carbocycles. The highest BCUT2D eigenvalue weighted by Gasteiger charge is 2.44. The first-order valence-electron chi connectivity index (χ1n) is 6.11. The third-order valence-corrected chi connectivity index (χ3v) is 3.76. The molecule has 0 radical (unpaired) electrons. The maximum Gasteiger partial charge on any atom is 0.265 e. The summed E-state index contributed by atoms with van der Waals surface area (Å²) in [5, 5.41) is 9.25. The molecule has 0 aromatic carbocycles. The number of carbonyl (C=O) groups excluding carboxylic acids is 1. The Kier molecular flexibility index (Phi) is 3.63. The molecular weight excluding hydrogens is 232 g/mol. The second-order valence-corrected chi connectivity index (χ2v) is 4.87. The van der Waals surface area contributed by atoms with Crippen LogP contribution in [0.15, 0.2) is 24.5 Å². The molecule has 1 aromatic rings. The molecule has 2 rings (SSSR count). The molecule has 1 saturated heterocycles. The summed E-state index contributed by atoms with van der Waals surface area (Å²) >= 11 is 0. The van der Waals surface area contributed by atoms with E-state index < -0.39 is 5.91 Å². The van der Waals surface area contributed by atoms with Crippen LogP contribution in [-0.4, -0.2) is 23.7 Å². The Labute approximate surface area is 106 Å². The van der Waals surface area contributed by atoms with Crippen LogP contribution in [0.5, 0.6) is 0 Å². The van der Waals surface area contributed by atoms with E-state index in [-0.39, 0.29) is 30.8 Å². The monoisotopic (exact) mass is 251 g/mol. The Hall–Kier alpha value is -1.46. The average Bonchev–Trinajstić information content (AvgIpc) is 2.66. The highest BCUT2D eigenvalue weighted by molar-refractivity contribution is 5.92. The van der Waals surface area contributed by atoms with Crippen LogP contribution in [0, 0.1) is 11.8 Å². The van der Waals surface area contributed by atoms with E-state index in [2.05, 4.69) is 13.8 Å². The fraction of sp³-hybridized carbons (Fsp3) is 0.538. The molecule has 1 amide bonds. The SMILES string of the molecule is CC1C(C)[C@@H](CO)O[C@H]1[n+]1cccc(C(N)=O)c1. The van der Waals surface area contributed by atoms with Crippen LogP contribution < -0.4 is 10.3 Å². The lowest BCUT2D eigenvalue weighted by Crippen LogP contribution is -2.42. The Morgan fingerprint density at radius 3 is 2.78 bits per heavy atom. The van der Waals surface area contributed by atoms with E-state index in [1.807, 2.05) is 10.8 Å². The molecule has 18 heavy (non-hydrogen) atoms. The van der Waals surface area contributed by atoms with Gasteiger partial charge in [0.05, 0.1) is 18.6 Å². The minimum absolute atomic E-state index is 0.0120. The van der Waals surface area contributed by atoms with Gasteiger partial charge in [-0.05, 0) is 12.0 Å². The second-order valence-electron chi connectivity index (χ2n) is 4.87. The number of hydrogen-bond donors (Lipinski definition) is 2. The van der Waals surface area contributed by atoms with Gasteiger partial charge in [0.15, 0.2) is 12.4 Å². The predicted molar refractivity (Wildman–Crippen MR) is 64.5 cm³/mol. The number of aliphatic hydroxyl groups excluding tert-OH is 1. The number of nitrogens with zero attached hydrogens (tertiary/aromatic N) is 1. The summed E-state index contributed by atoms with van der Waals surface area (Å²) in [6.07, 6.45) is 3.21. The zero-order valence-corrected chi connectivity index (χ0v) is 10.6. The molecule has 5 nitrogen and oxygen atoms in total. The molecule has 5 heteroatoms. The van der Waals surface area contributed by atoms with E-state index in [1.165, 1.54) is 0 Å². The van der Waals surface area contributed by atoms with Crippen molar-refractivity contribution in [1.82, 2.24) is 0 Å². The molecule has 3 N–H and O–H groups in total. The van der Waals surface area contributed by atoms with E-state index in [0.717, 1.165) is 0 Å². The van der Waals surface area contributed by atoms with Crippen LogP contribution in [-0.2, 0) is 4.74 Å². The first-order valence-corrected chi connectivity index (χ1v) is 6.11. The molecule has 1 fully saturated rings. The molecule has 0 aliphatic carbocycles. The van der Waals surface area contributed by atoms with Crippen molar-refractivity contribution in [2.45, 2.75) is 26.2 Å². The Balaban J connectivity index is 2.27. The van der Waals surface area contributed by atoms with E-state index >= 15 is 0 Å². The number of pyridine rings is 1. The molecule has 2 unspecified atom stereocenters. The second kappa shape index (κ2) is 5.04. The van der Waals surface area contributed by atoms with E-state index in [9.17, 15) is 9.90 Å². The molecule has 4 atom stereocenters. The Bertz CT molecular complexity index is 450. The van der Waals surface area contributed by atoms with Gasteiger partial charge in [0.2, 0.25) is 0 Å². The summed E-state index contributed by atoms with van der Waals surface area (Å²) in [5.41, 5.74) is 5.72. The largest absolute Gasteiger partial charge is 0.394 e.